The van der Waals surface area contributed by atoms with Gasteiger partial charge >= 0.3 is 0 Å². The minimum absolute atomic E-state index is 0. The van der Waals surface area contributed by atoms with E-state index in [1.54, 1.807) is 0 Å². The quantitative estimate of drug-likeness (QED) is 0.511. The van der Waals surface area contributed by atoms with Gasteiger partial charge in [0.2, 0.25) is 0 Å². The van der Waals surface area contributed by atoms with Crippen molar-refractivity contribution in [3.63, 3.8) is 0 Å². The van der Waals surface area contributed by atoms with Crippen molar-refractivity contribution in [3.05, 3.63) is 0 Å². The molecule has 0 spiro atoms. The van der Waals surface area contributed by atoms with Gasteiger partial charge in [0, 0.05) is 0 Å². The molecular formula is C18H45N. The molecule has 0 atom stereocenters. The van der Waals surface area contributed by atoms with Crippen LogP contribution in [0, 0.1) is 0 Å². The summed E-state index contributed by atoms with van der Waals surface area (Å²) in [6.07, 6.45) is 17.8. The molecule has 0 aromatic carbocycles. The van der Waals surface area contributed by atoms with Crippen LogP contribution in [0.15, 0.2) is 0 Å². The molecular weight excluding hydrogens is 230 g/mol. The van der Waals surface area contributed by atoms with Crippen molar-refractivity contribution < 1.29 is 0 Å². The van der Waals surface area contributed by atoms with Crippen LogP contribution in [0.2, 0.25) is 0 Å². The molecule has 1 nitrogen and oxygen atoms in total. The largest absolute Gasteiger partial charge is 0.317 e. The molecule has 1 N–H and O–H groups in total. The Hall–Kier alpha value is -0.0400. The third-order valence-electron chi connectivity index (χ3n) is 3.46. The molecule has 0 bridgehead atoms. The van der Waals surface area contributed by atoms with Gasteiger partial charge in [-0.2, -0.15) is 0 Å². The van der Waals surface area contributed by atoms with Crippen LogP contribution in [0.25, 0.3) is 0 Å². The summed E-state index contributed by atoms with van der Waals surface area (Å²) in [6, 6.07) is 0. The average Bonchev–Trinajstić information content (AvgIpc) is 3.09. The van der Waals surface area contributed by atoms with Gasteiger partial charge in [-0.15, -0.1) is 0 Å². The smallest absolute Gasteiger partial charge is 0.00484 e. The maximum Gasteiger partial charge on any atom is -0.00484 e. The van der Waals surface area contributed by atoms with Gasteiger partial charge in [-0.1, -0.05) is 93.9 Å². The fourth-order valence-electron chi connectivity index (χ4n) is 2.39. The summed E-state index contributed by atoms with van der Waals surface area (Å²) in [5.74, 6) is 0. The summed E-state index contributed by atoms with van der Waals surface area (Å²) in [5.41, 5.74) is 0. The second-order valence-corrected chi connectivity index (χ2v) is 4.99. The van der Waals surface area contributed by atoms with E-state index in [-0.39, 0.29) is 29.7 Å². The Balaban J connectivity index is -0.0000000804. The zero-order valence-corrected chi connectivity index (χ0v) is 10.4. The van der Waals surface area contributed by atoms with E-state index in [2.05, 4.69) is 5.32 Å². The number of hydrogen-bond donors (Lipinski definition) is 1. The van der Waals surface area contributed by atoms with E-state index in [0.717, 1.165) is 0 Å². The van der Waals surface area contributed by atoms with Gasteiger partial charge in [0.25, 0.3) is 0 Å². The molecule has 3 fully saturated rings. The van der Waals surface area contributed by atoms with E-state index in [1.807, 2.05) is 0 Å². The molecule has 3 rings (SSSR count). The first kappa shape index (κ1) is 27.3. The molecule has 0 aromatic heterocycles. The third kappa shape index (κ3) is 20.4. The second-order valence-electron chi connectivity index (χ2n) is 4.99. The van der Waals surface area contributed by atoms with Crippen LogP contribution >= 0.6 is 0 Å². The van der Waals surface area contributed by atoms with E-state index in [1.165, 1.54) is 90.1 Å². The zero-order chi connectivity index (χ0) is 10.6. The predicted octanol–water partition coefficient (Wildman–Crippen LogP) is 6.82. The Morgan fingerprint density at radius 2 is 0.526 bits per heavy atom. The Bertz CT molecular complexity index is 64.3. The Labute approximate surface area is 126 Å². The van der Waals surface area contributed by atoms with Crippen LogP contribution in [-0.4, -0.2) is 13.1 Å². The summed E-state index contributed by atoms with van der Waals surface area (Å²) >= 11 is 0. The van der Waals surface area contributed by atoms with Gasteiger partial charge in [-0.25, -0.2) is 0 Å². The maximum atomic E-state index is 3.22. The van der Waals surface area contributed by atoms with Crippen molar-refractivity contribution >= 4 is 0 Å². The van der Waals surface area contributed by atoms with Crippen LogP contribution in [0.4, 0.5) is 0 Å². The molecule has 1 heteroatoms. The highest BCUT2D eigenvalue weighted by molar-refractivity contribution is 4.55. The monoisotopic (exact) mass is 275 g/mol. The lowest BCUT2D eigenvalue weighted by molar-refractivity contribution is 0.857. The highest BCUT2D eigenvalue weighted by Gasteiger charge is 1.96. The normalized spacial score (nSPS) is 18.9. The second kappa shape index (κ2) is 23.1. The fraction of sp³-hybridized carbons (Fsp3) is 1.00. The Kier molecular flexibility index (Phi) is 33.2. The Morgan fingerprint density at radius 1 is 0.316 bits per heavy atom. The lowest BCUT2D eigenvalue weighted by atomic mass is 10.4. The summed E-state index contributed by atoms with van der Waals surface area (Å²) in [5, 5.41) is 3.22. The van der Waals surface area contributed by atoms with Crippen LogP contribution in [0.3, 0.4) is 0 Å². The highest BCUT2D eigenvalue weighted by Crippen LogP contribution is 2.15. The molecule has 2 saturated carbocycles. The average molecular weight is 276 g/mol. The van der Waals surface area contributed by atoms with Gasteiger partial charge < -0.3 is 5.32 Å². The van der Waals surface area contributed by atoms with E-state index >= 15 is 0 Å². The summed E-state index contributed by atoms with van der Waals surface area (Å²) in [6.45, 7) is 2.50. The van der Waals surface area contributed by atoms with Crippen molar-refractivity contribution in [3.8, 4) is 0 Å². The fourth-order valence-corrected chi connectivity index (χ4v) is 2.39. The van der Waals surface area contributed by atoms with Crippen molar-refractivity contribution in [2.24, 2.45) is 0 Å². The van der Waals surface area contributed by atoms with Crippen molar-refractivity contribution in [2.45, 2.75) is 107 Å². The first-order chi connectivity index (χ1) is 7.50. The van der Waals surface area contributed by atoms with Gasteiger partial charge in [0.15, 0.2) is 0 Å². The first-order valence-electron chi connectivity index (χ1n) is 7.21. The van der Waals surface area contributed by atoms with Crippen LogP contribution in [0.1, 0.15) is 107 Å². The van der Waals surface area contributed by atoms with Gasteiger partial charge in [0.05, 0.1) is 0 Å². The van der Waals surface area contributed by atoms with Crippen LogP contribution in [0.5, 0.6) is 0 Å². The van der Waals surface area contributed by atoms with E-state index in [0.29, 0.717) is 0 Å². The van der Waals surface area contributed by atoms with Crippen molar-refractivity contribution in [1.82, 2.24) is 5.32 Å². The molecule has 0 aromatic rings. The van der Waals surface area contributed by atoms with Gasteiger partial charge in [0.1, 0.15) is 0 Å². The minimum Gasteiger partial charge on any atom is -0.317 e. The van der Waals surface area contributed by atoms with E-state index in [9.17, 15) is 0 Å². The molecule has 122 valence electrons. The molecule has 3 aliphatic rings. The van der Waals surface area contributed by atoms with Gasteiger partial charge in [-0.3, -0.25) is 0 Å². The molecule has 0 unspecified atom stereocenters. The summed E-state index contributed by atoms with van der Waals surface area (Å²) in [4.78, 5) is 0. The van der Waals surface area contributed by atoms with E-state index < -0.39 is 0 Å². The Morgan fingerprint density at radius 3 is 0.632 bits per heavy atom. The number of nitrogens with one attached hydrogen (secondary N) is 1. The van der Waals surface area contributed by atoms with Gasteiger partial charge in [-0.05, 0) is 25.9 Å². The predicted molar refractivity (Wildman–Crippen MR) is 95.2 cm³/mol. The number of hydrogen-bond acceptors (Lipinski definition) is 1. The van der Waals surface area contributed by atoms with Crippen molar-refractivity contribution in [2.75, 3.05) is 13.1 Å². The molecule has 1 heterocycles. The maximum absolute atomic E-state index is 3.22. The third-order valence-corrected chi connectivity index (χ3v) is 3.46. The highest BCUT2D eigenvalue weighted by atomic mass is 14.9. The van der Waals surface area contributed by atoms with Crippen LogP contribution in [-0.2, 0) is 0 Å². The summed E-state index contributed by atoms with van der Waals surface area (Å²) in [7, 11) is 0. The zero-order valence-electron chi connectivity index (χ0n) is 10.4. The first-order valence-corrected chi connectivity index (χ1v) is 7.21. The molecule has 2 aliphatic carbocycles. The molecule has 19 heavy (non-hydrogen) atoms. The summed E-state index contributed by atoms with van der Waals surface area (Å²) < 4.78 is 0. The molecule has 1 saturated heterocycles. The van der Waals surface area contributed by atoms with Crippen molar-refractivity contribution in [1.29, 1.82) is 0 Å². The molecule has 1 aliphatic heterocycles. The molecule has 0 amide bonds. The minimum atomic E-state index is 0. The SMILES string of the molecule is C.C.C.C.C1CCCC1.C1CCCC1.C1CCNC1. The number of rotatable bonds is 0. The van der Waals surface area contributed by atoms with Crippen LogP contribution < -0.4 is 5.32 Å². The lowest BCUT2D eigenvalue weighted by Crippen LogP contribution is -2.03. The lowest BCUT2D eigenvalue weighted by Gasteiger charge is -1.76. The molecule has 0 radical (unpaired) electrons. The standard InChI is InChI=1S/2C5H10.C4H9N.4CH4/c3*1-2-4-5-3-1;;;;/h2*1-5H2;5H,1-4H2;4*1H4. The topological polar surface area (TPSA) is 12.0 Å². The van der Waals surface area contributed by atoms with E-state index in [4.69, 9.17) is 0 Å².